The van der Waals surface area contributed by atoms with Crippen LogP contribution in [0.25, 0.3) is 10.9 Å². The lowest BCUT2D eigenvalue weighted by Crippen LogP contribution is -2.44. The Balaban J connectivity index is 1.96. The number of amides is 1. The van der Waals surface area contributed by atoms with Gasteiger partial charge in [-0.15, -0.1) is 0 Å². The zero-order valence-corrected chi connectivity index (χ0v) is 18.2. The van der Waals surface area contributed by atoms with E-state index >= 15 is 0 Å². The molecule has 1 N–H and O–H groups in total. The van der Waals surface area contributed by atoms with E-state index in [-0.39, 0.29) is 18.1 Å². The van der Waals surface area contributed by atoms with Crippen molar-refractivity contribution in [3.8, 4) is 11.5 Å². The monoisotopic (exact) mass is 422 g/mol. The van der Waals surface area contributed by atoms with Crippen LogP contribution in [0.5, 0.6) is 11.5 Å². The minimum absolute atomic E-state index is 0.0519. The molecule has 4 rings (SSSR count). The summed E-state index contributed by atoms with van der Waals surface area (Å²) in [6.07, 6.45) is 0.645. The normalized spacial score (nSPS) is 15.6. The minimum Gasteiger partial charge on any atom is -0.493 e. The van der Waals surface area contributed by atoms with Crippen molar-refractivity contribution in [2.24, 2.45) is 0 Å². The molecule has 1 aliphatic heterocycles. The van der Waals surface area contributed by atoms with Gasteiger partial charge in [-0.2, -0.15) is 0 Å². The number of ether oxygens (including phenoxy) is 3. The highest BCUT2D eigenvalue weighted by atomic mass is 16.5. The molecule has 1 aliphatic rings. The second kappa shape index (κ2) is 8.43. The van der Waals surface area contributed by atoms with Crippen LogP contribution in [0.4, 0.5) is 0 Å². The Morgan fingerprint density at radius 3 is 2.55 bits per heavy atom. The van der Waals surface area contributed by atoms with Crippen LogP contribution in [0.3, 0.4) is 0 Å². The summed E-state index contributed by atoms with van der Waals surface area (Å²) in [5.74, 6) is 1.01. The standard InChI is InChI=1S/C24H26N2O5/c1-14-6-5-7-16-10-18(24(28)25-22(14)16)23-17-12-20(31-4)19(30-3)11-15(17)8-9-26(23)21(27)13-29-2/h5-7,10-12,23H,8-9,13H2,1-4H3,(H,25,28). The molecule has 0 bridgehead atoms. The Morgan fingerprint density at radius 2 is 1.84 bits per heavy atom. The third kappa shape index (κ3) is 3.65. The van der Waals surface area contributed by atoms with Gasteiger partial charge in [-0.05, 0) is 53.6 Å². The summed E-state index contributed by atoms with van der Waals surface area (Å²) in [7, 11) is 4.65. The van der Waals surface area contributed by atoms with Gasteiger partial charge < -0.3 is 24.1 Å². The van der Waals surface area contributed by atoms with Crippen LogP contribution in [0.15, 0.2) is 41.2 Å². The highest BCUT2D eigenvalue weighted by Gasteiger charge is 2.35. The van der Waals surface area contributed by atoms with Crippen molar-refractivity contribution >= 4 is 16.8 Å². The average molecular weight is 422 g/mol. The Bertz CT molecular complexity index is 1200. The maximum Gasteiger partial charge on any atom is 0.254 e. The van der Waals surface area contributed by atoms with E-state index in [4.69, 9.17) is 14.2 Å². The predicted octanol–water partition coefficient (Wildman–Crippen LogP) is 2.97. The van der Waals surface area contributed by atoms with E-state index in [2.05, 4.69) is 4.98 Å². The molecular weight excluding hydrogens is 396 g/mol. The summed E-state index contributed by atoms with van der Waals surface area (Å²) >= 11 is 0. The van der Waals surface area contributed by atoms with E-state index in [0.29, 0.717) is 30.0 Å². The molecule has 3 aromatic rings. The molecule has 1 atom stereocenters. The number of carbonyl (C=O) groups excluding carboxylic acids is 1. The molecule has 0 saturated carbocycles. The first-order chi connectivity index (χ1) is 15.0. The number of aryl methyl sites for hydroxylation is 1. The highest BCUT2D eigenvalue weighted by molar-refractivity contribution is 5.83. The Kier molecular flexibility index (Phi) is 5.69. The smallest absolute Gasteiger partial charge is 0.254 e. The molecule has 162 valence electrons. The fourth-order valence-electron chi connectivity index (χ4n) is 4.36. The van der Waals surface area contributed by atoms with Gasteiger partial charge in [0.15, 0.2) is 11.5 Å². The summed E-state index contributed by atoms with van der Waals surface area (Å²) in [4.78, 5) is 30.9. The lowest BCUT2D eigenvalue weighted by atomic mass is 9.87. The van der Waals surface area contributed by atoms with Crippen LogP contribution in [0, 0.1) is 6.92 Å². The van der Waals surface area contributed by atoms with Gasteiger partial charge in [0.1, 0.15) is 6.61 Å². The summed E-state index contributed by atoms with van der Waals surface area (Å²) in [6.45, 7) is 2.38. The number of methoxy groups -OCH3 is 3. The molecule has 7 heteroatoms. The molecule has 0 fully saturated rings. The van der Waals surface area contributed by atoms with Crippen molar-refractivity contribution in [1.82, 2.24) is 9.88 Å². The van der Waals surface area contributed by atoms with Crippen LogP contribution < -0.4 is 15.0 Å². The summed E-state index contributed by atoms with van der Waals surface area (Å²) in [6, 6.07) is 11.0. The summed E-state index contributed by atoms with van der Waals surface area (Å²) < 4.78 is 16.1. The zero-order valence-electron chi connectivity index (χ0n) is 18.2. The predicted molar refractivity (Wildman–Crippen MR) is 118 cm³/mol. The molecular formula is C24H26N2O5. The molecule has 1 aromatic heterocycles. The average Bonchev–Trinajstić information content (AvgIpc) is 2.77. The number of fused-ring (bicyclic) bond motifs is 2. The van der Waals surface area contributed by atoms with E-state index in [9.17, 15) is 9.59 Å². The number of benzene rings is 2. The van der Waals surface area contributed by atoms with Crippen molar-refractivity contribution in [3.05, 3.63) is 69.0 Å². The number of para-hydroxylation sites is 1. The number of H-pyrrole nitrogens is 1. The molecule has 0 aliphatic carbocycles. The van der Waals surface area contributed by atoms with Crippen LogP contribution in [-0.2, 0) is 16.0 Å². The lowest BCUT2D eigenvalue weighted by molar-refractivity contribution is -0.137. The maximum atomic E-state index is 13.2. The number of hydrogen-bond acceptors (Lipinski definition) is 5. The van der Waals surface area contributed by atoms with Gasteiger partial charge in [0.05, 0.1) is 25.8 Å². The van der Waals surface area contributed by atoms with E-state index in [0.717, 1.165) is 27.6 Å². The topological polar surface area (TPSA) is 80.9 Å². The van der Waals surface area contributed by atoms with Gasteiger partial charge >= 0.3 is 0 Å². The molecule has 0 radical (unpaired) electrons. The number of carbonyl (C=O) groups is 1. The van der Waals surface area contributed by atoms with E-state index in [1.54, 1.807) is 19.1 Å². The molecule has 0 saturated heterocycles. The first-order valence-electron chi connectivity index (χ1n) is 10.1. The molecule has 2 aromatic carbocycles. The molecule has 2 heterocycles. The van der Waals surface area contributed by atoms with Crippen molar-refractivity contribution in [1.29, 1.82) is 0 Å². The first kappa shape index (κ1) is 20.9. The number of nitrogens with one attached hydrogen (secondary N) is 1. The number of aromatic amines is 1. The first-order valence-corrected chi connectivity index (χ1v) is 10.1. The van der Waals surface area contributed by atoms with E-state index in [1.165, 1.54) is 7.11 Å². The molecule has 1 unspecified atom stereocenters. The Hall–Kier alpha value is -3.32. The minimum atomic E-state index is -0.556. The largest absolute Gasteiger partial charge is 0.493 e. The highest BCUT2D eigenvalue weighted by Crippen LogP contribution is 2.40. The number of pyridine rings is 1. The van der Waals surface area contributed by atoms with Crippen LogP contribution >= 0.6 is 0 Å². The van der Waals surface area contributed by atoms with Crippen LogP contribution in [0.2, 0.25) is 0 Å². The third-order valence-corrected chi connectivity index (χ3v) is 5.87. The molecule has 0 spiro atoms. The van der Waals surface area contributed by atoms with Crippen molar-refractivity contribution in [2.45, 2.75) is 19.4 Å². The molecule has 7 nitrogen and oxygen atoms in total. The lowest BCUT2D eigenvalue weighted by Gasteiger charge is -2.37. The summed E-state index contributed by atoms with van der Waals surface area (Å²) in [5.41, 5.74) is 3.96. The Morgan fingerprint density at radius 1 is 1.10 bits per heavy atom. The van der Waals surface area contributed by atoms with Gasteiger partial charge in [-0.1, -0.05) is 18.2 Å². The van der Waals surface area contributed by atoms with E-state index < -0.39 is 6.04 Å². The van der Waals surface area contributed by atoms with Crippen molar-refractivity contribution < 1.29 is 19.0 Å². The van der Waals surface area contributed by atoms with Crippen molar-refractivity contribution in [3.63, 3.8) is 0 Å². The van der Waals surface area contributed by atoms with Gasteiger partial charge in [0, 0.05) is 19.2 Å². The molecule has 1 amide bonds. The fraction of sp³-hybridized carbons (Fsp3) is 0.333. The number of aromatic nitrogens is 1. The molecule has 31 heavy (non-hydrogen) atoms. The Labute approximate surface area is 180 Å². The van der Waals surface area contributed by atoms with Crippen molar-refractivity contribution in [2.75, 3.05) is 34.5 Å². The van der Waals surface area contributed by atoms with Gasteiger partial charge in [-0.25, -0.2) is 0 Å². The SMILES string of the molecule is COCC(=O)N1CCc2cc(OC)c(OC)cc2C1c1cc2cccc(C)c2[nH]c1=O. The number of hydrogen-bond donors (Lipinski definition) is 1. The zero-order chi connectivity index (χ0) is 22.1. The fourth-order valence-corrected chi connectivity index (χ4v) is 4.36. The summed E-state index contributed by atoms with van der Waals surface area (Å²) in [5, 5.41) is 0.918. The number of nitrogens with zero attached hydrogens (tertiary/aromatic N) is 1. The van der Waals surface area contributed by atoms with Crippen LogP contribution in [0.1, 0.15) is 28.3 Å². The van der Waals surface area contributed by atoms with Crippen LogP contribution in [-0.4, -0.2) is 50.3 Å². The maximum absolute atomic E-state index is 13.2. The number of rotatable bonds is 5. The van der Waals surface area contributed by atoms with Gasteiger partial charge in [0.2, 0.25) is 5.91 Å². The van der Waals surface area contributed by atoms with E-state index in [1.807, 2.05) is 43.3 Å². The quantitative estimate of drug-likeness (QED) is 0.684. The van der Waals surface area contributed by atoms with Gasteiger partial charge in [-0.3, -0.25) is 9.59 Å². The second-order valence-electron chi connectivity index (χ2n) is 7.67. The van der Waals surface area contributed by atoms with Gasteiger partial charge in [0.25, 0.3) is 5.56 Å². The third-order valence-electron chi connectivity index (χ3n) is 5.87. The second-order valence-corrected chi connectivity index (χ2v) is 7.67.